The van der Waals surface area contributed by atoms with Crippen LogP contribution in [0.4, 0.5) is 0 Å². The van der Waals surface area contributed by atoms with E-state index in [-0.39, 0.29) is 5.60 Å². The summed E-state index contributed by atoms with van der Waals surface area (Å²) >= 11 is 0. The van der Waals surface area contributed by atoms with Crippen molar-refractivity contribution in [2.45, 2.75) is 31.8 Å². The maximum atomic E-state index is 5.49. The van der Waals surface area contributed by atoms with Crippen LogP contribution in [0.25, 0.3) is 0 Å². The second-order valence-corrected chi connectivity index (χ2v) is 3.72. The largest absolute Gasteiger partial charge is 0.378 e. The highest BCUT2D eigenvalue weighted by atomic mass is 16.5. The number of hydrogen-bond donors (Lipinski definition) is 1. The summed E-state index contributed by atoms with van der Waals surface area (Å²) in [6.07, 6.45) is 3.49. The van der Waals surface area contributed by atoms with Gasteiger partial charge in [0.2, 0.25) is 0 Å². The van der Waals surface area contributed by atoms with E-state index in [1.54, 1.807) is 7.11 Å². The number of rotatable bonds is 6. The highest BCUT2D eigenvalue weighted by Crippen LogP contribution is 2.21. The minimum atomic E-state index is -0.0479. The molecule has 0 aromatic carbocycles. The van der Waals surface area contributed by atoms with Gasteiger partial charge in [0.05, 0.1) is 6.61 Å². The molecule has 0 spiro atoms. The summed E-state index contributed by atoms with van der Waals surface area (Å²) in [5.41, 5.74) is -0.0479. The molecule has 0 radical (unpaired) electrons. The van der Waals surface area contributed by atoms with Crippen molar-refractivity contribution >= 4 is 0 Å². The number of nitrogens with one attached hydrogen (secondary N) is 1. The van der Waals surface area contributed by atoms with Crippen molar-refractivity contribution in [2.24, 2.45) is 0 Å². The quantitative estimate of drug-likeness (QED) is 0.633. The van der Waals surface area contributed by atoms with Gasteiger partial charge in [0.25, 0.3) is 0 Å². The van der Waals surface area contributed by atoms with Crippen LogP contribution >= 0.6 is 0 Å². The van der Waals surface area contributed by atoms with Crippen LogP contribution in [0.1, 0.15) is 26.2 Å². The van der Waals surface area contributed by atoms with Gasteiger partial charge in [0.15, 0.2) is 0 Å². The van der Waals surface area contributed by atoms with Crippen LogP contribution in [0, 0.1) is 0 Å². The minimum absolute atomic E-state index is 0.0479. The van der Waals surface area contributed by atoms with Crippen molar-refractivity contribution in [1.29, 1.82) is 0 Å². The zero-order chi connectivity index (χ0) is 9.57. The molecule has 0 saturated carbocycles. The molecule has 1 unspecified atom stereocenters. The fraction of sp³-hybridized carbons (Fsp3) is 1.00. The summed E-state index contributed by atoms with van der Waals surface area (Å²) in [6, 6.07) is 0. The number of unbranched alkanes of at least 4 members (excludes halogenated alkanes) is 1. The van der Waals surface area contributed by atoms with Gasteiger partial charge >= 0.3 is 0 Å². The van der Waals surface area contributed by atoms with Crippen LogP contribution < -0.4 is 5.32 Å². The van der Waals surface area contributed by atoms with Crippen molar-refractivity contribution in [2.75, 3.05) is 33.4 Å². The summed E-state index contributed by atoms with van der Waals surface area (Å²) in [7, 11) is 1.77. The second-order valence-electron chi connectivity index (χ2n) is 3.72. The fourth-order valence-corrected chi connectivity index (χ4v) is 1.58. The van der Waals surface area contributed by atoms with E-state index in [1.165, 1.54) is 12.8 Å². The van der Waals surface area contributed by atoms with E-state index < -0.39 is 0 Å². The van der Waals surface area contributed by atoms with E-state index in [0.29, 0.717) is 0 Å². The van der Waals surface area contributed by atoms with E-state index >= 15 is 0 Å². The molecule has 0 aromatic rings. The lowest BCUT2D eigenvalue weighted by Crippen LogP contribution is -2.43. The van der Waals surface area contributed by atoms with E-state index in [4.69, 9.17) is 9.47 Å². The van der Waals surface area contributed by atoms with Gasteiger partial charge in [0, 0.05) is 26.7 Å². The van der Waals surface area contributed by atoms with Crippen molar-refractivity contribution < 1.29 is 9.47 Å². The molecule has 1 rings (SSSR count). The molecule has 3 heteroatoms. The van der Waals surface area contributed by atoms with Gasteiger partial charge in [-0.05, 0) is 13.0 Å². The predicted molar refractivity (Wildman–Crippen MR) is 53.0 cm³/mol. The van der Waals surface area contributed by atoms with Crippen molar-refractivity contribution in [3.8, 4) is 0 Å². The predicted octanol–water partition coefficient (Wildman–Crippen LogP) is 1.18. The fourth-order valence-electron chi connectivity index (χ4n) is 1.58. The summed E-state index contributed by atoms with van der Waals surface area (Å²) in [4.78, 5) is 0. The molecule has 0 aliphatic carbocycles. The van der Waals surface area contributed by atoms with E-state index in [1.807, 2.05) is 0 Å². The number of methoxy groups -OCH3 is 1. The molecule has 0 bridgehead atoms. The van der Waals surface area contributed by atoms with Crippen LogP contribution in [0.2, 0.25) is 0 Å². The summed E-state index contributed by atoms with van der Waals surface area (Å²) < 4.78 is 10.8. The molecule has 1 saturated heterocycles. The van der Waals surface area contributed by atoms with Gasteiger partial charge in [-0.25, -0.2) is 0 Å². The first kappa shape index (κ1) is 11.0. The Morgan fingerprint density at radius 2 is 2.38 bits per heavy atom. The Morgan fingerprint density at radius 3 is 2.92 bits per heavy atom. The molecule has 1 aliphatic heterocycles. The molecule has 1 atom stereocenters. The standard InChI is InChI=1S/C10H21NO2/c1-3-4-6-11-8-10(12-2)5-7-13-9-10/h11H,3-9H2,1-2H3. The Labute approximate surface area is 80.8 Å². The Hall–Kier alpha value is -0.120. The van der Waals surface area contributed by atoms with Gasteiger partial charge < -0.3 is 14.8 Å². The zero-order valence-corrected chi connectivity index (χ0v) is 8.77. The van der Waals surface area contributed by atoms with Gasteiger partial charge in [-0.3, -0.25) is 0 Å². The second kappa shape index (κ2) is 5.58. The summed E-state index contributed by atoms with van der Waals surface area (Å²) in [5, 5.41) is 3.42. The van der Waals surface area contributed by atoms with Gasteiger partial charge in [-0.1, -0.05) is 13.3 Å². The third-order valence-electron chi connectivity index (χ3n) is 2.65. The molecular formula is C10H21NO2. The molecule has 1 heterocycles. The Morgan fingerprint density at radius 1 is 1.54 bits per heavy atom. The average Bonchev–Trinajstić information content (AvgIpc) is 2.62. The summed E-state index contributed by atoms with van der Waals surface area (Å²) in [6.45, 7) is 5.78. The highest BCUT2D eigenvalue weighted by molar-refractivity contribution is 4.86. The van der Waals surface area contributed by atoms with E-state index in [2.05, 4.69) is 12.2 Å². The maximum Gasteiger partial charge on any atom is 0.106 e. The van der Waals surface area contributed by atoms with Crippen LogP contribution in [-0.4, -0.2) is 39.0 Å². The average molecular weight is 187 g/mol. The first-order valence-electron chi connectivity index (χ1n) is 5.16. The molecule has 0 aromatic heterocycles. The topological polar surface area (TPSA) is 30.5 Å². The van der Waals surface area contributed by atoms with Crippen LogP contribution in [0.5, 0.6) is 0 Å². The zero-order valence-electron chi connectivity index (χ0n) is 8.77. The Bertz CT molecular complexity index is 133. The van der Waals surface area contributed by atoms with Crippen LogP contribution in [0.15, 0.2) is 0 Å². The van der Waals surface area contributed by atoms with Gasteiger partial charge in [0.1, 0.15) is 5.60 Å². The maximum absolute atomic E-state index is 5.49. The molecule has 1 fully saturated rings. The van der Waals surface area contributed by atoms with Gasteiger partial charge in [-0.15, -0.1) is 0 Å². The van der Waals surface area contributed by atoms with Crippen LogP contribution in [0.3, 0.4) is 0 Å². The molecule has 0 amide bonds. The molecule has 13 heavy (non-hydrogen) atoms. The first-order valence-corrected chi connectivity index (χ1v) is 5.16. The third kappa shape index (κ3) is 3.25. The van der Waals surface area contributed by atoms with Gasteiger partial charge in [-0.2, -0.15) is 0 Å². The Kier molecular flexibility index (Phi) is 4.70. The molecule has 3 nitrogen and oxygen atoms in total. The Balaban J connectivity index is 2.16. The monoisotopic (exact) mass is 187 g/mol. The third-order valence-corrected chi connectivity index (χ3v) is 2.65. The minimum Gasteiger partial charge on any atom is -0.378 e. The lowest BCUT2D eigenvalue weighted by Gasteiger charge is -2.25. The smallest absolute Gasteiger partial charge is 0.106 e. The van der Waals surface area contributed by atoms with E-state index in [0.717, 1.165) is 32.7 Å². The van der Waals surface area contributed by atoms with Crippen molar-refractivity contribution in [3.63, 3.8) is 0 Å². The SMILES string of the molecule is CCCCNCC1(OC)CCOC1. The summed E-state index contributed by atoms with van der Waals surface area (Å²) in [5.74, 6) is 0. The first-order chi connectivity index (χ1) is 6.33. The highest BCUT2D eigenvalue weighted by Gasteiger charge is 2.34. The van der Waals surface area contributed by atoms with Crippen LogP contribution in [-0.2, 0) is 9.47 Å². The molecule has 78 valence electrons. The lowest BCUT2D eigenvalue weighted by atomic mass is 10.0. The normalized spacial score (nSPS) is 28.2. The molecular weight excluding hydrogens is 166 g/mol. The molecule has 1 aliphatic rings. The lowest BCUT2D eigenvalue weighted by molar-refractivity contribution is -0.0156. The number of hydrogen-bond acceptors (Lipinski definition) is 3. The molecule has 1 N–H and O–H groups in total. The van der Waals surface area contributed by atoms with Crippen molar-refractivity contribution in [1.82, 2.24) is 5.32 Å². The van der Waals surface area contributed by atoms with Crippen molar-refractivity contribution in [3.05, 3.63) is 0 Å². The van der Waals surface area contributed by atoms with E-state index in [9.17, 15) is 0 Å². The number of ether oxygens (including phenoxy) is 2.